The molecule has 0 aromatic heterocycles. The molecular weight excluding hydrogens is 468 g/mol. The maximum Gasteiger partial charge on any atom is 0.203 e. The van der Waals surface area contributed by atoms with Crippen molar-refractivity contribution in [1.82, 2.24) is 0 Å². The van der Waals surface area contributed by atoms with Crippen LogP contribution in [0.5, 0.6) is 5.75 Å². The van der Waals surface area contributed by atoms with Gasteiger partial charge in [0.15, 0.2) is 17.4 Å². The number of aliphatic hydroxyl groups is 1. The molecule has 0 radical (unpaired) electrons. The van der Waals surface area contributed by atoms with Crippen molar-refractivity contribution in [2.45, 2.75) is 90.3 Å². The largest absolute Gasteiger partial charge is 0.461 e. The van der Waals surface area contributed by atoms with Crippen molar-refractivity contribution in [2.75, 3.05) is 0 Å². The molecule has 0 bridgehead atoms. The van der Waals surface area contributed by atoms with E-state index in [1.54, 1.807) is 24.3 Å². The molecule has 1 aromatic carbocycles. The highest BCUT2D eigenvalue weighted by molar-refractivity contribution is 5.37. The number of benzene rings is 1. The van der Waals surface area contributed by atoms with E-state index in [9.17, 15) is 22.7 Å². The Balaban J connectivity index is 1.37. The van der Waals surface area contributed by atoms with Gasteiger partial charge in [-0.3, -0.25) is 0 Å². The van der Waals surface area contributed by atoms with Crippen molar-refractivity contribution in [2.24, 2.45) is 23.7 Å². The van der Waals surface area contributed by atoms with Gasteiger partial charge in [-0.05, 0) is 80.4 Å². The maximum absolute atomic E-state index is 14.9. The van der Waals surface area contributed by atoms with Crippen LogP contribution in [0.3, 0.4) is 0 Å². The lowest BCUT2D eigenvalue weighted by Gasteiger charge is -2.30. The molecule has 0 aliphatic heterocycles. The van der Waals surface area contributed by atoms with Gasteiger partial charge >= 0.3 is 0 Å². The number of hydrogen-bond donors (Lipinski definition) is 1. The first-order valence-corrected chi connectivity index (χ1v) is 13.6. The summed E-state index contributed by atoms with van der Waals surface area (Å²) in [4.78, 5) is 0. The molecule has 1 fully saturated rings. The third kappa shape index (κ3) is 5.74. The molecule has 6 heteroatoms. The third-order valence-electron chi connectivity index (χ3n) is 8.41. The molecule has 0 heterocycles. The van der Waals surface area contributed by atoms with Gasteiger partial charge in [0.1, 0.15) is 5.83 Å². The molecule has 1 N–H and O–H groups in total. The van der Waals surface area contributed by atoms with Crippen LogP contribution in [0.15, 0.2) is 47.6 Å². The van der Waals surface area contributed by atoms with Crippen molar-refractivity contribution in [3.63, 3.8) is 0 Å². The maximum atomic E-state index is 14.9. The lowest BCUT2D eigenvalue weighted by atomic mass is 9.77. The standard InChI is InChI=1S/C30H38F4O2/c1-3-5-18-6-8-20(9-7-18)24-16-17-25(29(34)28(24)33)36-30(35)22-12-10-21(11-13-22)23-15-14-19(4-2)26(31)27(23)32/h10,12,15-22,30,35H,3-9,11,13-14H2,1-2H3. The average Bonchev–Trinajstić information content (AvgIpc) is 2.89. The molecule has 4 atom stereocenters. The van der Waals surface area contributed by atoms with E-state index in [2.05, 4.69) is 6.92 Å². The second-order valence-electron chi connectivity index (χ2n) is 10.7. The molecule has 1 saturated carbocycles. The Kier molecular flexibility index (Phi) is 8.97. The van der Waals surface area contributed by atoms with Crippen LogP contribution in [0.1, 0.15) is 89.5 Å². The second-order valence-corrected chi connectivity index (χ2v) is 10.7. The Morgan fingerprint density at radius 2 is 1.69 bits per heavy atom. The number of halogens is 4. The molecule has 3 aliphatic carbocycles. The fraction of sp³-hybridized carbons (Fsp3) is 0.600. The number of allylic oxidation sites excluding steroid dienone is 5. The van der Waals surface area contributed by atoms with Gasteiger partial charge in [-0.1, -0.05) is 51.0 Å². The van der Waals surface area contributed by atoms with Crippen molar-refractivity contribution in [3.05, 3.63) is 64.8 Å². The zero-order valence-corrected chi connectivity index (χ0v) is 21.3. The lowest BCUT2D eigenvalue weighted by Crippen LogP contribution is -2.28. The second kappa shape index (κ2) is 12.0. The number of ether oxygens (including phenoxy) is 1. The number of hydrogen-bond acceptors (Lipinski definition) is 2. The van der Waals surface area contributed by atoms with Crippen molar-refractivity contribution in [1.29, 1.82) is 0 Å². The normalized spacial score (nSPS) is 29.8. The molecule has 0 amide bonds. The highest BCUT2D eigenvalue weighted by Gasteiger charge is 2.32. The van der Waals surface area contributed by atoms with Crippen molar-refractivity contribution < 1.29 is 27.4 Å². The minimum absolute atomic E-state index is 0.00534. The molecule has 1 aromatic rings. The summed E-state index contributed by atoms with van der Waals surface area (Å²) in [5.74, 6) is -4.17. The molecule has 4 rings (SSSR count). The van der Waals surface area contributed by atoms with E-state index >= 15 is 0 Å². The Bertz CT molecular complexity index is 1010. The summed E-state index contributed by atoms with van der Waals surface area (Å²) >= 11 is 0. The Hall–Kier alpha value is -2.08. The minimum atomic E-state index is -1.37. The zero-order chi connectivity index (χ0) is 25.8. The summed E-state index contributed by atoms with van der Waals surface area (Å²) in [6, 6.07) is 2.99. The van der Waals surface area contributed by atoms with E-state index < -0.39 is 41.4 Å². The van der Waals surface area contributed by atoms with Crippen LogP contribution < -0.4 is 4.74 Å². The minimum Gasteiger partial charge on any atom is -0.461 e. The van der Waals surface area contributed by atoms with Gasteiger partial charge < -0.3 is 9.84 Å². The van der Waals surface area contributed by atoms with Crippen LogP contribution in [-0.4, -0.2) is 11.4 Å². The van der Waals surface area contributed by atoms with E-state index in [0.29, 0.717) is 42.7 Å². The lowest BCUT2D eigenvalue weighted by molar-refractivity contribution is -0.0549. The predicted molar refractivity (Wildman–Crippen MR) is 134 cm³/mol. The Morgan fingerprint density at radius 1 is 0.944 bits per heavy atom. The van der Waals surface area contributed by atoms with Crippen LogP contribution in [-0.2, 0) is 0 Å². The quantitative estimate of drug-likeness (QED) is 0.217. The molecule has 0 spiro atoms. The van der Waals surface area contributed by atoms with Gasteiger partial charge in [-0.25, -0.2) is 13.2 Å². The van der Waals surface area contributed by atoms with Gasteiger partial charge in [0.25, 0.3) is 0 Å². The van der Waals surface area contributed by atoms with E-state index in [1.165, 1.54) is 12.5 Å². The summed E-state index contributed by atoms with van der Waals surface area (Å²) in [6.45, 7) is 4.01. The fourth-order valence-electron chi connectivity index (χ4n) is 6.12. The first-order chi connectivity index (χ1) is 17.3. The first-order valence-electron chi connectivity index (χ1n) is 13.6. The summed E-state index contributed by atoms with van der Waals surface area (Å²) in [6.07, 6.45) is 11.9. The third-order valence-corrected chi connectivity index (χ3v) is 8.41. The van der Waals surface area contributed by atoms with Crippen LogP contribution >= 0.6 is 0 Å². The average molecular weight is 507 g/mol. The topological polar surface area (TPSA) is 29.5 Å². The Morgan fingerprint density at radius 3 is 2.33 bits per heavy atom. The van der Waals surface area contributed by atoms with Crippen molar-refractivity contribution >= 4 is 0 Å². The number of aliphatic hydroxyl groups excluding tert-OH is 1. The van der Waals surface area contributed by atoms with Crippen molar-refractivity contribution in [3.8, 4) is 5.75 Å². The SMILES string of the molecule is CCCC1CCC(c2ccc(OC(O)C3C=CC(C4=CCC(CC)C(F)=C4F)CC3)c(F)c2F)CC1. The van der Waals surface area contributed by atoms with Gasteiger partial charge in [0, 0.05) is 17.8 Å². The van der Waals surface area contributed by atoms with Gasteiger partial charge in [0.2, 0.25) is 12.1 Å². The van der Waals surface area contributed by atoms with Crippen LogP contribution in [0, 0.1) is 35.3 Å². The monoisotopic (exact) mass is 506 g/mol. The molecule has 198 valence electrons. The Labute approximate surface area is 212 Å². The molecule has 3 aliphatic rings. The van der Waals surface area contributed by atoms with Crippen LogP contribution in [0.2, 0.25) is 0 Å². The molecule has 4 unspecified atom stereocenters. The highest BCUT2D eigenvalue weighted by Crippen LogP contribution is 2.42. The first kappa shape index (κ1) is 27.0. The summed E-state index contributed by atoms with van der Waals surface area (Å²) in [7, 11) is 0. The van der Waals surface area contributed by atoms with Gasteiger partial charge in [0.05, 0.1) is 0 Å². The smallest absolute Gasteiger partial charge is 0.203 e. The zero-order valence-electron chi connectivity index (χ0n) is 21.3. The fourth-order valence-corrected chi connectivity index (χ4v) is 6.12. The van der Waals surface area contributed by atoms with Gasteiger partial charge in [-0.15, -0.1) is 0 Å². The van der Waals surface area contributed by atoms with Crippen LogP contribution in [0.4, 0.5) is 17.6 Å². The number of rotatable bonds is 8. The van der Waals surface area contributed by atoms with E-state index in [1.807, 2.05) is 6.92 Å². The van der Waals surface area contributed by atoms with E-state index in [0.717, 1.165) is 32.1 Å². The van der Waals surface area contributed by atoms with Crippen LogP contribution in [0.25, 0.3) is 0 Å². The van der Waals surface area contributed by atoms with Gasteiger partial charge in [-0.2, -0.15) is 4.39 Å². The predicted octanol–water partition coefficient (Wildman–Crippen LogP) is 8.83. The molecular formula is C30H38F4O2. The van der Waals surface area contributed by atoms with E-state index in [4.69, 9.17) is 4.74 Å². The summed E-state index contributed by atoms with van der Waals surface area (Å²) in [5.41, 5.74) is 0.743. The molecule has 36 heavy (non-hydrogen) atoms. The summed E-state index contributed by atoms with van der Waals surface area (Å²) < 4.78 is 64.1. The van der Waals surface area contributed by atoms with E-state index in [-0.39, 0.29) is 17.6 Å². The molecule has 2 nitrogen and oxygen atoms in total. The summed E-state index contributed by atoms with van der Waals surface area (Å²) in [5, 5.41) is 10.6. The highest BCUT2D eigenvalue weighted by atomic mass is 19.2. The molecule has 0 saturated heterocycles.